The Morgan fingerprint density at radius 2 is 1.60 bits per heavy atom. The Bertz CT molecular complexity index is 1210. The van der Waals surface area contributed by atoms with Crippen LogP contribution < -0.4 is 4.72 Å². The molecule has 3 N–H and O–H groups in total. The van der Waals surface area contributed by atoms with Crippen molar-refractivity contribution in [3.05, 3.63) is 83.4 Å². The van der Waals surface area contributed by atoms with Crippen molar-refractivity contribution >= 4 is 27.6 Å². The summed E-state index contributed by atoms with van der Waals surface area (Å²) in [5.74, 6) is -1.82. The molecule has 0 spiro atoms. The highest BCUT2D eigenvalue weighted by Gasteiger charge is 2.63. The monoisotopic (exact) mass is 443 g/mol. The Morgan fingerprint density at radius 1 is 1.00 bits per heavy atom. The van der Waals surface area contributed by atoms with Crippen LogP contribution in [0.2, 0.25) is 5.02 Å². The van der Waals surface area contributed by atoms with Gasteiger partial charge in [-0.25, -0.2) is 8.42 Å². The summed E-state index contributed by atoms with van der Waals surface area (Å²) >= 11 is 5.89. The molecule has 2 atom stereocenters. The van der Waals surface area contributed by atoms with Crippen LogP contribution >= 0.6 is 11.6 Å². The molecule has 0 unspecified atom stereocenters. The van der Waals surface area contributed by atoms with Gasteiger partial charge in [-0.3, -0.25) is 4.79 Å². The van der Waals surface area contributed by atoms with Crippen molar-refractivity contribution in [3.8, 4) is 16.9 Å². The van der Waals surface area contributed by atoms with Crippen LogP contribution in [-0.4, -0.2) is 30.1 Å². The SMILES string of the molecule is O=C(O)[C@@]1(NS(=O)(=O)c2ccc(-c3ccc(Cl)cc3)cc2)C[C@H]1c1cccc(O)c1. The van der Waals surface area contributed by atoms with Gasteiger partial charge in [-0.1, -0.05) is 48.0 Å². The summed E-state index contributed by atoms with van der Waals surface area (Å²) in [6.07, 6.45) is 0.105. The van der Waals surface area contributed by atoms with Gasteiger partial charge in [0.2, 0.25) is 10.0 Å². The lowest BCUT2D eigenvalue weighted by Crippen LogP contribution is -2.44. The highest BCUT2D eigenvalue weighted by molar-refractivity contribution is 7.89. The maximum atomic E-state index is 12.9. The largest absolute Gasteiger partial charge is 0.508 e. The molecule has 3 aromatic rings. The molecule has 0 radical (unpaired) electrons. The molecule has 154 valence electrons. The lowest BCUT2D eigenvalue weighted by Gasteiger charge is -2.16. The molecule has 30 heavy (non-hydrogen) atoms. The van der Waals surface area contributed by atoms with Crippen molar-refractivity contribution in [1.82, 2.24) is 4.72 Å². The minimum absolute atomic E-state index is 0.000617. The topological polar surface area (TPSA) is 104 Å². The number of rotatable bonds is 6. The average molecular weight is 444 g/mol. The third-order valence-electron chi connectivity index (χ3n) is 5.27. The Kier molecular flexibility index (Phi) is 5.05. The maximum absolute atomic E-state index is 12.9. The number of nitrogens with one attached hydrogen (secondary N) is 1. The summed E-state index contributed by atoms with van der Waals surface area (Å²) in [5.41, 5.74) is 0.617. The number of aliphatic carboxylic acids is 1. The fourth-order valence-corrected chi connectivity index (χ4v) is 5.10. The highest BCUT2D eigenvalue weighted by Crippen LogP contribution is 2.52. The van der Waals surface area contributed by atoms with E-state index in [-0.39, 0.29) is 17.1 Å². The van der Waals surface area contributed by atoms with Gasteiger partial charge < -0.3 is 10.2 Å². The molecule has 4 rings (SSSR count). The summed E-state index contributed by atoms with van der Waals surface area (Å²) < 4.78 is 28.1. The number of benzene rings is 3. The predicted octanol–water partition coefficient (Wildman–Crippen LogP) is 4.00. The number of carboxylic acids is 1. The van der Waals surface area contributed by atoms with Gasteiger partial charge in [-0.15, -0.1) is 0 Å². The number of sulfonamides is 1. The summed E-state index contributed by atoms with van der Waals surface area (Å²) in [7, 11) is -4.07. The van der Waals surface area contributed by atoms with Gasteiger partial charge in [0, 0.05) is 10.9 Å². The Balaban J connectivity index is 1.58. The number of halogens is 1. The minimum atomic E-state index is -4.07. The number of phenolic OH excluding ortho intramolecular Hbond substituents is 1. The van der Waals surface area contributed by atoms with Crippen LogP contribution in [0.25, 0.3) is 11.1 Å². The number of phenols is 1. The van der Waals surface area contributed by atoms with E-state index in [1.807, 2.05) is 12.1 Å². The molecular formula is C22H18ClNO5S. The highest BCUT2D eigenvalue weighted by atomic mass is 35.5. The molecule has 0 bridgehead atoms. The second-order valence-corrected chi connectivity index (χ2v) is 9.38. The fourth-order valence-electron chi connectivity index (χ4n) is 3.57. The summed E-state index contributed by atoms with van der Waals surface area (Å²) in [6, 6.07) is 19.5. The average Bonchev–Trinajstić information content (AvgIpc) is 3.44. The van der Waals surface area contributed by atoms with E-state index >= 15 is 0 Å². The summed E-state index contributed by atoms with van der Waals surface area (Å²) in [5, 5.41) is 20.0. The van der Waals surface area contributed by atoms with Crippen molar-refractivity contribution in [2.45, 2.75) is 22.8 Å². The molecule has 1 aliphatic carbocycles. The van der Waals surface area contributed by atoms with Gasteiger partial charge in [-0.2, -0.15) is 4.72 Å². The molecule has 0 aliphatic heterocycles. The number of carboxylic acid groups (broad SMARTS) is 1. The van der Waals surface area contributed by atoms with Gasteiger partial charge in [0.1, 0.15) is 11.3 Å². The second kappa shape index (κ2) is 7.43. The van der Waals surface area contributed by atoms with Crippen molar-refractivity contribution in [2.24, 2.45) is 0 Å². The smallest absolute Gasteiger partial charge is 0.325 e. The minimum Gasteiger partial charge on any atom is -0.508 e. The van der Waals surface area contributed by atoms with Crippen LogP contribution in [0.1, 0.15) is 17.9 Å². The lowest BCUT2D eigenvalue weighted by atomic mass is 10.1. The first-order chi connectivity index (χ1) is 14.2. The first-order valence-electron chi connectivity index (χ1n) is 9.14. The fraction of sp³-hybridized carbons (Fsp3) is 0.136. The van der Waals surface area contributed by atoms with Crippen LogP contribution in [-0.2, 0) is 14.8 Å². The van der Waals surface area contributed by atoms with E-state index < -0.39 is 27.4 Å². The van der Waals surface area contributed by atoms with E-state index in [0.717, 1.165) is 11.1 Å². The van der Waals surface area contributed by atoms with Gasteiger partial charge in [0.15, 0.2) is 0 Å². The zero-order valence-electron chi connectivity index (χ0n) is 15.6. The van der Waals surface area contributed by atoms with Gasteiger partial charge >= 0.3 is 5.97 Å². The van der Waals surface area contributed by atoms with E-state index in [9.17, 15) is 23.4 Å². The molecule has 6 nitrogen and oxygen atoms in total. The van der Waals surface area contributed by atoms with Crippen molar-refractivity contribution in [3.63, 3.8) is 0 Å². The summed E-state index contributed by atoms with van der Waals surface area (Å²) in [4.78, 5) is 11.9. The summed E-state index contributed by atoms with van der Waals surface area (Å²) in [6.45, 7) is 0. The Hall–Kier alpha value is -2.87. The molecule has 3 aromatic carbocycles. The zero-order chi connectivity index (χ0) is 21.5. The van der Waals surface area contributed by atoms with Crippen molar-refractivity contribution in [2.75, 3.05) is 0 Å². The normalized spacial score (nSPS) is 20.6. The van der Waals surface area contributed by atoms with Crippen LogP contribution in [0.15, 0.2) is 77.7 Å². The second-order valence-electron chi connectivity index (χ2n) is 7.26. The molecule has 8 heteroatoms. The molecule has 1 aliphatic rings. The molecule has 0 saturated heterocycles. The molecule has 0 heterocycles. The number of aromatic hydroxyl groups is 1. The van der Waals surface area contributed by atoms with Crippen LogP contribution in [0.4, 0.5) is 0 Å². The number of carbonyl (C=O) groups is 1. The van der Waals surface area contributed by atoms with Crippen molar-refractivity contribution in [1.29, 1.82) is 0 Å². The van der Waals surface area contributed by atoms with Crippen LogP contribution in [0.3, 0.4) is 0 Å². The zero-order valence-corrected chi connectivity index (χ0v) is 17.2. The van der Waals surface area contributed by atoms with E-state index in [1.165, 1.54) is 24.3 Å². The molecular weight excluding hydrogens is 426 g/mol. The van der Waals surface area contributed by atoms with Gasteiger partial charge in [0.25, 0.3) is 0 Å². The van der Waals surface area contributed by atoms with Crippen molar-refractivity contribution < 1.29 is 23.4 Å². The first kappa shape index (κ1) is 20.4. The van der Waals surface area contributed by atoms with Gasteiger partial charge in [-0.05, 0) is 59.5 Å². The van der Waals surface area contributed by atoms with E-state index in [1.54, 1.807) is 36.4 Å². The molecule has 0 aromatic heterocycles. The predicted molar refractivity (Wildman–Crippen MR) is 113 cm³/mol. The molecule has 1 fully saturated rings. The first-order valence-corrected chi connectivity index (χ1v) is 11.0. The quantitative estimate of drug-likeness (QED) is 0.534. The standard InChI is InChI=1S/C22H18ClNO5S/c23-17-8-4-14(5-9-17)15-6-10-19(11-7-15)30(28,29)24-22(21(26)27)13-20(22)16-2-1-3-18(25)12-16/h1-12,20,24-25H,13H2,(H,26,27)/t20-,22+/m0/s1. The molecule has 0 amide bonds. The van der Waals surface area contributed by atoms with E-state index in [0.29, 0.717) is 10.6 Å². The Morgan fingerprint density at radius 3 is 2.17 bits per heavy atom. The third kappa shape index (κ3) is 3.79. The van der Waals surface area contributed by atoms with Gasteiger partial charge in [0.05, 0.1) is 4.90 Å². The van der Waals surface area contributed by atoms with E-state index in [4.69, 9.17) is 11.6 Å². The maximum Gasteiger partial charge on any atom is 0.325 e. The molecule has 1 saturated carbocycles. The van der Waals surface area contributed by atoms with Crippen LogP contribution in [0.5, 0.6) is 5.75 Å². The third-order valence-corrected chi connectivity index (χ3v) is 7.05. The number of hydrogen-bond donors (Lipinski definition) is 3. The Labute approximate surface area is 178 Å². The van der Waals surface area contributed by atoms with E-state index in [2.05, 4.69) is 4.72 Å². The van der Waals surface area contributed by atoms with Crippen LogP contribution in [0, 0.1) is 0 Å². The number of hydrogen-bond acceptors (Lipinski definition) is 4. The lowest BCUT2D eigenvalue weighted by molar-refractivity contribution is -0.140.